The molecule has 19 heavy (non-hydrogen) atoms. The number of benzene rings is 1. The fourth-order valence-electron chi connectivity index (χ4n) is 1.54. The molecule has 0 radical (unpaired) electrons. The van der Waals surface area contributed by atoms with Gasteiger partial charge < -0.3 is 14.3 Å². The van der Waals surface area contributed by atoms with Crippen LogP contribution < -0.4 is 4.74 Å². The molecule has 2 rings (SSSR count). The van der Waals surface area contributed by atoms with E-state index in [4.69, 9.17) is 14.3 Å². The van der Waals surface area contributed by atoms with E-state index in [0.717, 1.165) is 12.7 Å². The van der Waals surface area contributed by atoms with E-state index in [0.29, 0.717) is 11.3 Å². The van der Waals surface area contributed by atoms with Crippen molar-refractivity contribution in [1.82, 2.24) is 4.98 Å². The zero-order chi connectivity index (χ0) is 13.8. The van der Waals surface area contributed by atoms with Crippen molar-refractivity contribution in [2.75, 3.05) is 0 Å². The lowest BCUT2D eigenvalue weighted by atomic mass is 10.2. The van der Waals surface area contributed by atoms with Gasteiger partial charge in [0.25, 0.3) is 0 Å². The van der Waals surface area contributed by atoms with Gasteiger partial charge in [-0.05, 0) is 25.5 Å². The van der Waals surface area contributed by atoms with E-state index in [-0.39, 0.29) is 17.7 Å². The van der Waals surface area contributed by atoms with Crippen molar-refractivity contribution in [3.05, 3.63) is 36.2 Å². The number of carboxylic acid groups (broad SMARTS) is 1. The average Bonchev–Trinajstić information content (AvgIpc) is 2.89. The van der Waals surface area contributed by atoms with Crippen LogP contribution >= 0.6 is 0 Å². The van der Waals surface area contributed by atoms with Crippen molar-refractivity contribution in [3.8, 4) is 17.2 Å². The normalized spacial score (nSPS) is 12.1. The van der Waals surface area contributed by atoms with Crippen LogP contribution in [-0.2, 0) is 0 Å². The van der Waals surface area contributed by atoms with E-state index >= 15 is 0 Å². The molecule has 100 valence electrons. The second kappa shape index (κ2) is 5.56. The number of hydrogen-bond acceptors (Lipinski definition) is 4. The van der Waals surface area contributed by atoms with E-state index in [1.165, 1.54) is 0 Å². The van der Waals surface area contributed by atoms with Gasteiger partial charge >= 0.3 is 5.97 Å². The predicted octanol–water partition coefficient (Wildman–Crippen LogP) is 3.22. The molecule has 0 saturated carbocycles. The Morgan fingerprint density at radius 3 is 2.84 bits per heavy atom. The van der Waals surface area contributed by atoms with Crippen molar-refractivity contribution in [1.29, 1.82) is 0 Å². The molecule has 0 saturated heterocycles. The van der Waals surface area contributed by atoms with E-state index in [1.54, 1.807) is 6.07 Å². The van der Waals surface area contributed by atoms with Gasteiger partial charge in [0.15, 0.2) is 5.69 Å². The standard InChI is InChI=1S/C14H15NO4/c1-3-9(2)19-12-7-5-4-6-10(12)13-15-11(8-18-13)14(16)17/h4-9H,3H2,1-2H3,(H,16,17). The van der Waals surface area contributed by atoms with Gasteiger partial charge in [-0.2, -0.15) is 0 Å². The summed E-state index contributed by atoms with van der Waals surface area (Å²) >= 11 is 0. The molecule has 0 bridgehead atoms. The quantitative estimate of drug-likeness (QED) is 0.894. The molecule has 5 nitrogen and oxygen atoms in total. The molecule has 0 fully saturated rings. The van der Waals surface area contributed by atoms with Crippen molar-refractivity contribution in [3.63, 3.8) is 0 Å². The Hall–Kier alpha value is -2.30. The van der Waals surface area contributed by atoms with E-state index in [1.807, 2.05) is 32.0 Å². The van der Waals surface area contributed by atoms with Crippen molar-refractivity contribution < 1.29 is 19.1 Å². The lowest BCUT2D eigenvalue weighted by Gasteiger charge is -2.14. The summed E-state index contributed by atoms with van der Waals surface area (Å²) in [6.07, 6.45) is 2.06. The van der Waals surface area contributed by atoms with Crippen molar-refractivity contribution >= 4 is 5.97 Å². The molecule has 1 aromatic heterocycles. The lowest BCUT2D eigenvalue weighted by Crippen LogP contribution is -2.10. The number of aromatic nitrogens is 1. The number of hydrogen-bond donors (Lipinski definition) is 1. The first-order chi connectivity index (χ1) is 9.11. The number of aromatic carboxylic acids is 1. The van der Waals surface area contributed by atoms with Crippen LogP contribution in [0.5, 0.6) is 5.75 Å². The highest BCUT2D eigenvalue weighted by Gasteiger charge is 2.16. The summed E-state index contributed by atoms with van der Waals surface area (Å²) in [5, 5.41) is 8.84. The Morgan fingerprint density at radius 2 is 2.21 bits per heavy atom. The third kappa shape index (κ3) is 2.93. The smallest absolute Gasteiger partial charge is 0.357 e. The van der Waals surface area contributed by atoms with Crippen LogP contribution in [0.4, 0.5) is 0 Å². The SMILES string of the molecule is CCC(C)Oc1ccccc1-c1nc(C(=O)O)co1. The molecule has 0 spiro atoms. The highest BCUT2D eigenvalue weighted by atomic mass is 16.5. The van der Waals surface area contributed by atoms with Gasteiger partial charge in [-0.3, -0.25) is 0 Å². The van der Waals surface area contributed by atoms with Crippen LogP contribution in [0, 0.1) is 0 Å². The second-order valence-electron chi connectivity index (χ2n) is 4.18. The third-order valence-corrected chi connectivity index (χ3v) is 2.74. The molecule has 0 aliphatic rings. The summed E-state index contributed by atoms with van der Waals surface area (Å²) in [7, 11) is 0. The maximum Gasteiger partial charge on any atom is 0.357 e. The fraction of sp³-hybridized carbons (Fsp3) is 0.286. The van der Waals surface area contributed by atoms with Crippen LogP contribution in [-0.4, -0.2) is 22.2 Å². The minimum absolute atomic E-state index is 0.0649. The summed E-state index contributed by atoms with van der Waals surface area (Å²) in [5.41, 5.74) is 0.531. The molecular weight excluding hydrogens is 246 g/mol. The number of ether oxygens (including phenoxy) is 1. The highest BCUT2D eigenvalue weighted by Crippen LogP contribution is 2.30. The van der Waals surface area contributed by atoms with Crippen molar-refractivity contribution in [2.45, 2.75) is 26.4 Å². The molecule has 0 aliphatic carbocycles. The Labute approximate surface area is 110 Å². The minimum atomic E-state index is -1.12. The zero-order valence-electron chi connectivity index (χ0n) is 10.8. The summed E-state index contributed by atoms with van der Waals surface area (Å²) in [5.74, 6) is -0.234. The first-order valence-electron chi connectivity index (χ1n) is 6.06. The van der Waals surface area contributed by atoms with Crippen LogP contribution in [0.2, 0.25) is 0 Å². The summed E-state index contributed by atoms with van der Waals surface area (Å²) in [6.45, 7) is 4.00. The zero-order valence-corrected chi connectivity index (χ0v) is 10.8. The van der Waals surface area contributed by atoms with Crippen LogP contribution in [0.25, 0.3) is 11.5 Å². The van der Waals surface area contributed by atoms with E-state index in [9.17, 15) is 4.79 Å². The molecule has 1 atom stereocenters. The maximum absolute atomic E-state index is 10.8. The number of oxazole rings is 1. The second-order valence-corrected chi connectivity index (χ2v) is 4.18. The van der Waals surface area contributed by atoms with Gasteiger partial charge in [-0.1, -0.05) is 19.1 Å². The third-order valence-electron chi connectivity index (χ3n) is 2.74. The van der Waals surface area contributed by atoms with Gasteiger partial charge in [0.1, 0.15) is 12.0 Å². The Bertz CT molecular complexity index is 576. The molecule has 1 N–H and O–H groups in total. The molecule has 0 amide bonds. The molecule has 5 heteroatoms. The van der Waals surface area contributed by atoms with Gasteiger partial charge in [0.2, 0.25) is 5.89 Å². The van der Waals surface area contributed by atoms with Crippen LogP contribution in [0.3, 0.4) is 0 Å². The van der Waals surface area contributed by atoms with Crippen LogP contribution in [0.15, 0.2) is 34.9 Å². The van der Waals surface area contributed by atoms with Gasteiger partial charge in [-0.25, -0.2) is 9.78 Å². The molecule has 0 aliphatic heterocycles. The molecular formula is C14H15NO4. The molecule has 1 heterocycles. The number of carboxylic acids is 1. The van der Waals surface area contributed by atoms with E-state index < -0.39 is 5.97 Å². The Kier molecular flexibility index (Phi) is 3.85. The van der Waals surface area contributed by atoms with Crippen molar-refractivity contribution in [2.24, 2.45) is 0 Å². The first kappa shape index (κ1) is 13.1. The lowest BCUT2D eigenvalue weighted by molar-refractivity contribution is 0.0690. The monoisotopic (exact) mass is 261 g/mol. The summed E-state index contributed by atoms with van der Waals surface area (Å²) in [6, 6.07) is 7.27. The largest absolute Gasteiger partial charge is 0.490 e. The molecule has 2 aromatic rings. The number of nitrogens with zero attached hydrogens (tertiary/aromatic N) is 1. The first-order valence-corrected chi connectivity index (χ1v) is 6.06. The average molecular weight is 261 g/mol. The Balaban J connectivity index is 2.35. The Morgan fingerprint density at radius 1 is 1.47 bits per heavy atom. The fourth-order valence-corrected chi connectivity index (χ4v) is 1.54. The predicted molar refractivity (Wildman–Crippen MR) is 69.3 cm³/mol. The molecule has 1 unspecified atom stereocenters. The maximum atomic E-state index is 10.8. The van der Waals surface area contributed by atoms with Gasteiger partial charge in [-0.15, -0.1) is 0 Å². The highest BCUT2D eigenvalue weighted by molar-refractivity contribution is 5.85. The summed E-state index contributed by atoms with van der Waals surface area (Å²) in [4.78, 5) is 14.7. The molecule has 1 aromatic carbocycles. The number of para-hydroxylation sites is 1. The number of carbonyl (C=O) groups is 1. The number of rotatable bonds is 5. The van der Waals surface area contributed by atoms with Gasteiger partial charge in [0.05, 0.1) is 11.7 Å². The minimum Gasteiger partial charge on any atom is -0.490 e. The topological polar surface area (TPSA) is 72.6 Å². The van der Waals surface area contributed by atoms with E-state index in [2.05, 4.69) is 4.98 Å². The van der Waals surface area contributed by atoms with Crippen LogP contribution in [0.1, 0.15) is 30.8 Å². The van der Waals surface area contributed by atoms with Gasteiger partial charge in [0, 0.05) is 0 Å². The summed E-state index contributed by atoms with van der Waals surface area (Å²) < 4.78 is 11.0.